The van der Waals surface area contributed by atoms with Gasteiger partial charge in [0.1, 0.15) is 12.7 Å². The molecule has 0 amide bonds. The first kappa shape index (κ1) is 18.1. The van der Waals surface area contributed by atoms with Crippen LogP contribution in [0.25, 0.3) is 10.9 Å². The van der Waals surface area contributed by atoms with Crippen molar-refractivity contribution < 1.29 is 19.7 Å². The standard InChI is InChI=1S/C19H17ClN2O4/c20-13-3-6-16-17(7-8-21-18(16)9-13)22-14-4-1-12(2-5-14)19(25)26-11-15(24)10-23/h1-9,15,23-24H,10-11H2,(H,21,22). The van der Waals surface area contributed by atoms with Crippen molar-refractivity contribution in [1.82, 2.24) is 4.98 Å². The Morgan fingerprint density at radius 2 is 1.96 bits per heavy atom. The largest absolute Gasteiger partial charge is 0.459 e. The molecule has 1 atom stereocenters. The second kappa shape index (κ2) is 8.14. The van der Waals surface area contributed by atoms with E-state index in [1.807, 2.05) is 12.1 Å². The Balaban J connectivity index is 1.73. The molecule has 1 unspecified atom stereocenters. The first-order valence-corrected chi connectivity index (χ1v) is 8.32. The van der Waals surface area contributed by atoms with Crippen LogP contribution in [0.3, 0.4) is 0 Å². The van der Waals surface area contributed by atoms with Crippen molar-refractivity contribution >= 4 is 39.8 Å². The number of halogens is 1. The molecule has 1 heterocycles. The molecule has 134 valence electrons. The molecule has 0 aliphatic rings. The molecular weight excluding hydrogens is 356 g/mol. The van der Waals surface area contributed by atoms with Crippen molar-refractivity contribution in [1.29, 1.82) is 0 Å². The maximum Gasteiger partial charge on any atom is 0.338 e. The van der Waals surface area contributed by atoms with Crippen LogP contribution >= 0.6 is 11.6 Å². The smallest absolute Gasteiger partial charge is 0.338 e. The molecule has 3 rings (SSSR count). The summed E-state index contributed by atoms with van der Waals surface area (Å²) < 4.78 is 4.92. The van der Waals surface area contributed by atoms with Crippen LogP contribution in [-0.2, 0) is 4.74 Å². The number of hydrogen-bond acceptors (Lipinski definition) is 6. The third kappa shape index (κ3) is 4.29. The van der Waals surface area contributed by atoms with Crippen molar-refractivity contribution in [2.45, 2.75) is 6.10 Å². The second-order valence-electron chi connectivity index (χ2n) is 5.66. The summed E-state index contributed by atoms with van der Waals surface area (Å²) in [5.41, 5.74) is 2.80. The number of carbonyl (C=O) groups excluding carboxylic acids is 1. The molecule has 0 spiro atoms. The van der Waals surface area contributed by atoms with Crippen LogP contribution in [0.4, 0.5) is 11.4 Å². The Hall–Kier alpha value is -2.67. The fourth-order valence-electron chi connectivity index (χ4n) is 2.38. The Bertz CT molecular complexity index is 915. The average Bonchev–Trinajstić information content (AvgIpc) is 2.66. The van der Waals surface area contributed by atoms with Gasteiger partial charge in [0, 0.05) is 28.0 Å². The molecular formula is C19H17ClN2O4. The summed E-state index contributed by atoms with van der Waals surface area (Å²) in [4.78, 5) is 16.2. The van der Waals surface area contributed by atoms with Crippen molar-refractivity contribution in [3.8, 4) is 0 Å². The number of aliphatic hydroxyl groups is 2. The van der Waals surface area contributed by atoms with E-state index in [1.54, 1.807) is 42.6 Å². The number of esters is 1. The number of aromatic nitrogens is 1. The number of rotatable bonds is 6. The van der Waals surface area contributed by atoms with Crippen molar-refractivity contribution in [3.05, 3.63) is 65.3 Å². The lowest BCUT2D eigenvalue weighted by molar-refractivity contribution is 0.00933. The fourth-order valence-corrected chi connectivity index (χ4v) is 2.55. The number of fused-ring (bicyclic) bond motifs is 1. The minimum absolute atomic E-state index is 0.249. The SMILES string of the molecule is O=C(OCC(O)CO)c1ccc(Nc2ccnc3cc(Cl)ccc23)cc1. The second-order valence-corrected chi connectivity index (χ2v) is 6.09. The summed E-state index contributed by atoms with van der Waals surface area (Å²) >= 11 is 6.00. The highest BCUT2D eigenvalue weighted by molar-refractivity contribution is 6.31. The number of pyridine rings is 1. The lowest BCUT2D eigenvalue weighted by Crippen LogP contribution is -2.21. The highest BCUT2D eigenvalue weighted by Gasteiger charge is 2.10. The quantitative estimate of drug-likeness (QED) is 0.576. The van der Waals surface area contributed by atoms with Gasteiger partial charge in [0.05, 0.1) is 17.7 Å². The number of nitrogens with zero attached hydrogens (tertiary/aromatic N) is 1. The van der Waals surface area contributed by atoms with Crippen LogP contribution in [0.1, 0.15) is 10.4 Å². The van der Waals surface area contributed by atoms with Gasteiger partial charge in [0.25, 0.3) is 0 Å². The molecule has 26 heavy (non-hydrogen) atoms. The van der Waals surface area contributed by atoms with Crippen LogP contribution in [0.15, 0.2) is 54.7 Å². The molecule has 1 aromatic heterocycles. The predicted molar refractivity (Wildman–Crippen MR) is 99.9 cm³/mol. The van der Waals surface area contributed by atoms with E-state index in [0.29, 0.717) is 10.6 Å². The summed E-state index contributed by atoms with van der Waals surface area (Å²) in [6.07, 6.45) is 0.618. The van der Waals surface area contributed by atoms with Gasteiger partial charge in [-0.3, -0.25) is 4.98 Å². The Kier molecular flexibility index (Phi) is 5.68. The normalized spacial score (nSPS) is 12.0. The number of aliphatic hydroxyl groups excluding tert-OH is 2. The van der Waals surface area contributed by atoms with Crippen molar-refractivity contribution in [3.63, 3.8) is 0 Å². The predicted octanol–water partition coefficient (Wildman–Crippen LogP) is 3.14. The maximum absolute atomic E-state index is 11.9. The van der Waals surface area contributed by atoms with Crippen molar-refractivity contribution in [2.75, 3.05) is 18.5 Å². The van der Waals surface area contributed by atoms with Gasteiger partial charge in [-0.15, -0.1) is 0 Å². The van der Waals surface area contributed by atoms with Gasteiger partial charge in [-0.1, -0.05) is 11.6 Å². The van der Waals surface area contributed by atoms with E-state index in [9.17, 15) is 9.90 Å². The Labute approximate surface area is 155 Å². The summed E-state index contributed by atoms with van der Waals surface area (Å²) in [5, 5.41) is 22.8. The number of anilines is 2. The van der Waals surface area contributed by atoms with Gasteiger partial charge in [-0.05, 0) is 48.5 Å². The van der Waals surface area contributed by atoms with Crippen LogP contribution in [0, 0.1) is 0 Å². The number of hydrogen-bond donors (Lipinski definition) is 3. The van der Waals surface area contributed by atoms with Crippen molar-refractivity contribution in [2.24, 2.45) is 0 Å². The topological polar surface area (TPSA) is 91.7 Å². The molecule has 2 aromatic carbocycles. The third-order valence-electron chi connectivity index (χ3n) is 3.72. The van der Waals surface area contributed by atoms with Crippen LogP contribution in [0.2, 0.25) is 5.02 Å². The molecule has 0 saturated heterocycles. The molecule has 0 aliphatic heterocycles. The molecule has 3 N–H and O–H groups in total. The van der Waals surface area contributed by atoms with Gasteiger partial charge >= 0.3 is 5.97 Å². The van der Waals surface area contributed by atoms with Gasteiger partial charge in [0.15, 0.2) is 0 Å². The molecule has 0 bridgehead atoms. The number of benzene rings is 2. The van der Waals surface area contributed by atoms with E-state index in [0.717, 1.165) is 22.3 Å². The zero-order valence-electron chi connectivity index (χ0n) is 13.7. The van der Waals surface area contributed by atoms with Gasteiger partial charge in [-0.25, -0.2) is 4.79 Å². The van der Waals surface area contributed by atoms with E-state index in [1.165, 1.54) is 0 Å². The van der Waals surface area contributed by atoms with E-state index in [4.69, 9.17) is 21.4 Å². The van der Waals surface area contributed by atoms with E-state index in [2.05, 4.69) is 10.3 Å². The number of nitrogens with one attached hydrogen (secondary N) is 1. The monoisotopic (exact) mass is 372 g/mol. The maximum atomic E-state index is 11.9. The van der Waals surface area contributed by atoms with Gasteiger partial charge < -0.3 is 20.3 Å². The molecule has 0 aliphatic carbocycles. The molecule has 0 fully saturated rings. The minimum atomic E-state index is -1.08. The highest BCUT2D eigenvalue weighted by Crippen LogP contribution is 2.27. The molecule has 6 nitrogen and oxygen atoms in total. The van der Waals surface area contributed by atoms with Gasteiger partial charge in [0.2, 0.25) is 0 Å². The van der Waals surface area contributed by atoms with E-state index >= 15 is 0 Å². The summed E-state index contributed by atoms with van der Waals surface area (Å²) in [7, 11) is 0. The van der Waals surface area contributed by atoms with E-state index < -0.39 is 18.7 Å². The first-order chi connectivity index (χ1) is 12.6. The highest BCUT2D eigenvalue weighted by atomic mass is 35.5. The number of ether oxygens (including phenoxy) is 1. The average molecular weight is 373 g/mol. The molecule has 3 aromatic rings. The van der Waals surface area contributed by atoms with Crippen LogP contribution in [-0.4, -0.2) is 40.5 Å². The van der Waals surface area contributed by atoms with Crippen LogP contribution in [0.5, 0.6) is 0 Å². The van der Waals surface area contributed by atoms with Gasteiger partial charge in [-0.2, -0.15) is 0 Å². The zero-order valence-corrected chi connectivity index (χ0v) is 14.5. The number of carbonyl (C=O) groups is 1. The molecule has 0 saturated carbocycles. The molecule has 7 heteroatoms. The minimum Gasteiger partial charge on any atom is -0.459 e. The lowest BCUT2D eigenvalue weighted by atomic mass is 10.1. The Morgan fingerprint density at radius 1 is 1.19 bits per heavy atom. The summed E-state index contributed by atoms with van der Waals surface area (Å²) in [5.74, 6) is -0.562. The molecule has 0 radical (unpaired) electrons. The summed E-state index contributed by atoms with van der Waals surface area (Å²) in [6, 6.07) is 14.1. The van der Waals surface area contributed by atoms with E-state index in [-0.39, 0.29) is 6.61 Å². The lowest BCUT2D eigenvalue weighted by Gasteiger charge is -2.11. The zero-order chi connectivity index (χ0) is 18.5. The van der Waals surface area contributed by atoms with Crippen LogP contribution < -0.4 is 5.32 Å². The fraction of sp³-hybridized carbons (Fsp3) is 0.158. The summed E-state index contributed by atoms with van der Waals surface area (Å²) in [6.45, 7) is -0.706. The third-order valence-corrected chi connectivity index (χ3v) is 3.96. The first-order valence-electron chi connectivity index (χ1n) is 7.94. The Morgan fingerprint density at radius 3 is 2.69 bits per heavy atom.